The molecular formula is C12H20. The summed E-state index contributed by atoms with van der Waals surface area (Å²) >= 11 is 0. The van der Waals surface area contributed by atoms with E-state index < -0.39 is 0 Å². The zero-order valence-electron chi connectivity index (χ0n) is 8.13. The molecule has 0 heterocycles. The molecule has 2 fully saturated rings. The predicted molar refractivity (Wildman–Crippen MR) is 51.6 cm³/mol. The van der Waals surface area contributed by atoms with Gasteiger partial charge in [0.05, 0.1) is 0 Å². The van der Waals surface area contributed by atoms with Crippen molar-refractivity contribution in [2.45, 2.75) is 45.4 Å². The van der Waals surface area contributed by atoms with Crippen LogP contribution in [0.5, 0.6) is 0 Å². The normalized spacial score (nSPS) is 48.5. The van der Waals surface area contributed by atoms with Crippen LogP contribution in [-0.2, 0) is 0 Å². The number of fused-ring (bicyclic) bond motifs is 1. The second kappa shape index (κ2) is 3.40. The quantitative estimate of drug-likeness (QED) is 0.513. The average Bonchev–Trinajstić information content (AvgIpc) is 2.07. The molecule has 68 valence electrons. The molecule has 0 N–H and O–H groups in total. The van der Waals surface area contributed by atoms with Gasteiger partial charge in [0.15, 0.2) is 0 Å². The van der Waals surface area contributed by atoms with Crippen molar-refractivity contribution in [1.29, 1.82) is 0 Å². The van der Waals surface area contributed by atoms with Crippen LogP contribution in [0.2, 0.25) is 0 Å². The number of hydrogen-bond acceptors (Lipinski definition) is 0. The molecule has 0 spiro atoms. The summed E-state index contributed by atoms with van der Waals surface area (Å²) < 4.78 is 0. The maximum absolute atomic E-state index is 6.15. The SMILES string of the molecule is [CH]C1CCC[C@H]2C(C)CCC[C@@H]12. The number of rotatable bonds is 0. The Morgan fingerprint density at radius 3 is 2.33 bits per heavy atom. The highest BCUT2D eigenvalue weighted by atomic mass is 14.4. The molecule has 0 bridgehead atoms. The molecule has 0 aromatic heterocycles. The lowest BCUT2D eigenvalue weighted by atomic mass is 9.62. The lowest BCUT2D eigenvalue weighted by Crippen LogP contribution is -2.34. The van der Waals surface area contributed by atoms with E-state index in [-0.39, 0.29) is 0 Å². The largest absolute Gasteiger partial charge is 0.0622 e. The van der Waals surface area contributed by atoms with Crippen molar-refractivity contribution in [3.05, 3.63) is 6.92 Å². The Labute approximate surface area is 76.7 Å². The van der Waals surface area contributed by atoms with Gasteiger partial charge in [-0.25, -0.2) is 0 Å². The summed E-state index contributed by atoms with van der Waals surface area (Å²) in [6, 6.07) is 0. The minimum absolute atomic E-state index is 0.534. The van der Waals surface area contributed by atoms with Crippen molar-refractivity contribution in [1.82, 2.24) is 0 Å². The lowest BCUT2D eigenvalue weighted by Gasteiger charge is -2.43. The third-order valence-corrected chi connectivity index (χ3v) is 4.10. The van der Waals surface area contributed by atoms with Crippen LogP contribution in [0.3, 0.4) is 0 Å². The zero-order valence-corrected chi connectivity index (χ0v) is 8.13. The molecule has 0 amide bonds. The summed E-state index contributed by atoms with van der Waals surface area (Å²) in [4.78, 5) is 0. The average molecular weight is 164 g/mol. The van der Waals surface area contributed by atoms with E-state index in [1.165, 1.54) is 38.5 Å². The highest BCUT2D eigenvalue weighted by Crippen LogP contribution is 2.45. The fourth-order valence-electron chi connectivity index (χ4n) is 3.36. The van der Waals surface area contributed by atoms with E-state index in [1.54, 1.807) is 0 Å². The van der Waals surface area contributed by atoms with Crippen molar-refractivity contribution >= 4 is 0 Å². The van der Waals surface area contributed by atoms with E-state index in [4.69, 9.17) is 6.92 Å². The smallest absolute Gasteiger partial charge is 0.0315 e. The van der Waals surface area contributed by atoms with Gasteiger partial charge in [-0.05, 0) is 49.9 Å². The van der Waals surface area contributed by atoms with Gasteiger partial charge in [-0.15, -0.1) is 0 Å². The van der Waals surface area contributed by atoms with Gasteiger partial charge in [-0.2, -0.15) is 0 Å². The van der Waals surface area contributed by atoms with Crippen molar-refractivity contribution in [3.8, 4) is 0 Å². The first kappa shape index (κ1) is 8.59. The molecule has 2 rings (SSSR count). The molecular weight excluding hydrogens is 144 g/mol. The molecule has 4 atom stereocenters. The van der Waals surface area contributed by atoms with E-state index in [9.17, 15) is 0 Å². The summed E-state index contributed by atoms with van der Waals surface area (Å²) in [5.41, 5.74) is 0. The second-order valence-corrected chi connectivity index (χ2v) is 4.83. The van der Waals surface area contributed by atoms with Crippen LogP contribution < -0.4 is 0 Å². The van der Waals surface area contributed by atoms with Crippen molar-refractivity contribution in [3.63, 3.8) is 0 Å². The molecule has 0 aromatic rings. The molecule has 2 saturated carbocycles. The Hall–Kier alpha value is 0. The highest BCUT2D eigenvalue weighted by Gasteiger charge is 2.36. The van der Waals surface area contributed by atoms with Gasteiger partial charge in [0, 0.05) is 0 Å². The van der Waals surface area contributed by atoms with Crippen LogP contribution in [0.25, 0.3) is 0 Å². The number of hydrogen-bond donors (Lipinski definition) is 0. The minimum atomic E-state index is 0.534. The van der Waals surface area contributed by atoms with Crippen LogP contribution >= 0.6 is 0 Å². The van der Waals surface area contributed by atoms with Crippen molar-refractivity contribution in [2.24, 2.45) is 23.7 Å². The monoisotopic (exact) mass is 164 g/mol. The van der Waals surface area contributed by atoms with E-state index in [0.717, 1.165) is 17.8 Å². The second-order valence-electron chi connectivity index (χ2n) is 4.83. The van der Waals surface area contributed by atoms with Gasteiger partial charge in [-0.3, -0.25) is 0 Å². The van der Waals surface area contributed by atoms with Gasteiger partial charge in [0.25, 0.3) is 0 Å². The van der Waals surface area contributed by atoms with Crippen LogP contribution in [0.1, 0.15) is 45.4 Å². The van der Waals surface area contributed by atoms with Crippen molar-refractivity contribution < 1.29 is 0 Å². The first-order valence-corrected chi connectivity index (χ1v) is 5.54. The summed E-state index contributed by atoms with van der Waals surface area (Å²) in [7, 11) is 0. The Kier molecular flexibility index (Phi) is 2.43. The zero-order chi connectivity index (χ0) is 8.55. The van der Waals surface area contributed by atoms with E-state index in [0.29, 0.717) is 5.92 Å². The van der Waals surface area contributed by atoms with E-state index in [1.807, 2.05) is 0 Å². The van der Waals surface area contributed by atoms with Crippen LogP contribution in [0.4, 0.5) is 0 Å². The minimum Gasteiger partial charge on any atom is -0.0622 e. The summed E-state index contributed by atoms with van der Waals surface area (Å²) in [6.07, 6.45) is 8.42. The predicted octanol–water partition coefficient (Wildman–Crippen LogP) is 3.55. The maximum Gasteiger partial charge on any atom is -0.0315 e. The van der Waals surface area contributed by atoms with Gasteiger partial charge in [0.1, 0.15) is 0 Å². The van der Waals surface area contributed by atoms with Gasteiger partial charge < -0.3 is 0 Å². The Morgan fingerprint density at radius 1 is 0.917 bits per heavy atom. The van der Waals surface area contributed by atoms with Gasteiger partial charge in [0.2, 0.25) is 0 Å². The third-order valence-electron chi connectivity index (χ3n) is 4.10. The van der Waals surface area contributed by atoms with Gasteiger partial charge in [-0.1, -0.05) is 26.2 Å². The third kappa shape index (κ3) is 1.41. The lowest BCUT2D eigenvalue weighted by molar-refractivity contribution is 0.0810. The molecule has 0 heteroatoms. The van der Waals surface area contributed by atoms with E-state index >= 15 is 0 Å². The Bertz CT molecular complexity index is 132. The standard InChI is InChI=1S/C12H20/c1-9-5-3-8-12-10(2)6-4-7-11(9)12/h1,9-12H,3-8H2,2H3/t9?,10?,11-,12-/m0/s1. The topological polar surface area (TPSA) is 0 Å². The Balaban J connectivity index is 2.05. The van der Waals surface area contributed by atoms with Crippen molar-refractivity contribution in [2.75, 3.05) is 0 Å². The van der Waals surface area contributed by atoms with Gasteiger partial charge >= 0.3 is 0 Å². The first-order valence-electron chi connectivity index (χ1n) is 5.54. The van der Waals surface area contributed by atoms with Crippen LogP contribution in [0.15, 0.2) is 0 Å². The summed E-state index contributed by atoms with van der Waals surface area (Å²) in [6.45, 7) is 8.58. The molecule has 2 aliphatic rings. The maximum atomic E-state index is 6.15. The molecule has 2 radical (unpaired) electrons. The molecule has 0 saturated heterocycles. The molecule has 0 nitrogen and oxygen atoms in total. The van der Waals surface area contributed by atoms with Crippen LogP contribution in [-0.4, -0.2) is 0 Å². The fraction of sp³-hybridized carbons (Fsp3) is 0.917. The summed E-state index contributed by atoms with van der Waals surface area (Å²) in [5.74, 6) is 3.34. The Morgan fingerprint density at radius 2 is 1.58 bits per heavy atom. The first-order chi connectivity index (χ1) is 5.79. The summed E-state index contributed by atoms with van der Waals surface area (Å²) in [5, 5.41) is 0. The molecule has 2 aliphatic carbocycles. The van der Waals surface area contributed by atoms with E-state index in [2.05, 4.69) is 6.92 Å². The highest BCUT2D eigenvalue weighted by molar-refractivity contribution is 4.88. The van der Waals surface area contributed by atoms with Crippen LogP contribution in [0, 0.1) is 30.6 Å². The molecule has 12 heavy (non-hydrogen) atoms. The molecule has 0 aromatic carbocycles. The molecule has 0 aliphatic heterocycles. The molecule has 2 unspecified atom stereocenters. The fourth-order valence-corrected chi connectivity index (χ4v) is 3.36.